The zero-order valence-corrected chi connectivity index (χ0v) is 6.50. The molecule has 1 unspecified atom stereocenters. The summed E-state index contributed by atoms with van der Waals surface area (Å²) in [5.41, 5.74) is 4.94. The first-order valence-electron chi connectivity index (χ1n) is 3.17. The first-order chi connectivity index (χ1) is 5.02. The van der Waals surface area contributed by atoms with Crippen LogP contribution in [0.4, 0.5) is 13.2 Å². The quantitative estimate of drug-likeness (QED) is 0.671. The Balaban J connectivity index is 2.60. The smallest absolute Gasteiger partial charge is 0.316 e. The highest BCUT2D eigenvalue weighted by atomic mass is 32.2. The van der Waals surface area contributed by atoms with Crippen molar-refractivity contribution in [1.29, 1.82) is 0 Å². The molecule has 0 amide bonds. The maximum Gasteiger partial charge on any atom is 0.408 e. The molecule has 1 aliphatic rings. The van der Waals surface area contributed by atoms with Crippen LogP contribution in [0.2, 0.25) is 0 Å². The average molecular weight is 183 g/mol. The van der Waals surface area contributed by atoms with Crippen LogP contribution in [0.1, 0.15) is 6.42 Å². The molecule has 1 heterocycles. The molecule has 0 radical (unpaired) electrons. The normalized spacial score (nSPS) is 21.6. The third-order valence-corrected chi connectivity index (χ3v) is 2.59. The second-order valence-corrected chi connectivity index (χ2v) is 3.43. The van der Waals surface area contributed by atoms with Crippen LogP contribution in [0.15, 0.2) is 11.0 Å². The number of rotatable bonds is 1. The van der Waals surface area contributed by atoms with Gasteiger partial charge in [-0.05, 0) is 6.42 Å². The molecule has 0 saturated heterocycles. The molecule has 0 bridgehead atoms. The number of hydrogen-bond acceptors (Lipinski definition) is 2. The highest BCUT2D eigenvalue weighted by Gasteiger charge is 2.39. The summed E-state index contributed by atoms with van der Waals surface area (Å²) in [4.78, 5) is 0.262. The van der Waals surface area contributed by atoms with E-state index in [0.29, 0.717) is 6.42 Å². The fourth-order valence-corrected chi connectivity index (χ4v) is 1.84. The van der Waals surface area contributed by atoms with Gasteiger partial charge in [0.1, 0.15) is 6.04 Å². The van der Waals surface area contributed by atoms with Gasteiger partial charge in [-0.15, -0.1) is 11.8 Å². The lowest BCUT2D eigenvalue weighted by Gasteiger charge is -2.15. The third kappa shape index (κ3) is 2.13. The van der Waals surface area contributed by atoms with E-state index < -0.39 is 12.2 Å². The van der Waals surface area contributed by atoms with E-state index in [9.17, 15) is 13.2 Å². The Kier molecular flexibility index (Phi) is 2.49. The lowest BCUT2D eigenvalue weighted by molar-refractivity contribution is -0.137. The molecular formula is C6H8F3NS. The zero-order chi connectivity index (χ0) is 8.48. The molecule has 1 aliphatic heterocycles. The molecule has 0 saturated carbocycles. The highest BCUT2D eigenvalue weighted by Crippen LogP contribution is 2.34. The Hall–Kier alpha value is -0.160. The fourth-order valence-electron chi connectivity index (χ4n) is 0.815. The maximum absolute atomic E-state index is 11.9. The van der Waals surface area contributed by atoms with Crippen LogP contribution in [0.5, 0.6) is 0 Å². The molecule has 1 atom stereocenters. The van der Waals surface area contributed by atoms with Crippen LogP contribution in [0.25, 0.3) is 0 Å². The van der Waals surface area contributed by atoms with Gasteiger partial charge in [-0.1, -0.05) is 6.08 Å². The summed E-state index contributed by atoms with van der Waals surface area (Å²) in [6.07, 6.45) is -2.03. The first-order valence-corrected chi connectivity index (χ1v) is 4.15. The molecule has 0 spiro atoms. The van der Waals surface area contributed by atoms with Crippen LogP contribution in [-0.2, 0) is 0 Å². The van der Waals surface area contributed by atoms with E-state index >= 15 is 0 Å². The van der Waals surface area contributed by atoms with Crippen LogP contribution >= 0.6 is 11.8 Å². The van der Waals surface area contributed by atoms with E-state index in [1.54, 1.807) is 6.08 Å². The third-order valence-electron chi connectivity index (χ3n) is 1.39. The number of hydrogen-bond donors (Lipinski definition) is 1. The molecule has 0 aliphatic carbocycles. The van der Waals surface area contributed by atoms with E-state index in [1.807, 2.05) is 0 Å². The van der Waals surface area contributed by atoms with Crippen molar-refractivity contribution in [3.05, 3.63) is 11.0 Å². The van der Waals surface area contributed by atoms with Gasteiger partial charge in [0.25, 0.3) is 0 Å². The lowest BCUT2D eigenvalue weighted by Crippen LogP contribution is -2.37. The monoisotopic (exact) mass is 183 g/mol. The highest BCUT2D eigenvalue weighted by molar-refractivity contribution is 8.03. The zero-order valence-electron chi connectivity index (χ0n) is 5.69. The Morgan fingerprint density at radius 2 is 2.18 bits per heavy atom. The van der Waals surface area contributed by atoms with Crippen molar-refractivity contribution in [2.24, 2.45) is 5.73 Å². The molecule has 64 valence electrons. The standard InChI is InChI=1S/C6H8F3NS/c7-6(8,9)5(10)4-2-1-3-11-4/h2,5H,1,3,10H2. The van der Waals surface area contributed by atoms with Gasteiger partial charge < -0.3 is 5.73 Å². The number of halogens is 3. The van der Waals surface area contributed by atoms with E-state index in [1.165, 1.54) is 11.8 Å². The van der Waals surface area contributed by atoms with Crippen molar-refractivity contribution in [2.45, 2.75) is 18.6 Å². The van der Waals surface area contributed by atoms with E-state index in [4.69, 9.17) is 5.73 Å². The second-order valence-electron chi connectivity index (χ2n) is 2.26. The first kappa shape index (κ1) is 8.93. The molecule has 0 fully saturated rings. The maximum atomic E-state index is 11.9. The summed E-state index contributed by atoms with van der Waals surface area (Å²) < 4.78 is 35.8. The number of allylic oxidation sites excluding steroid dienone is 1. The summed E-state index contributed by atoms with van der Waals surface area (Å²) in [7, 11) is 0. The van der Waals surface area contributed by atoms with E-state index in [-0.39, 0.29) is 4.91 Å². The Morgan fingerprint density at radius 1 is 1.55 bits per heavy atom. The molecule has 1 nitrogen and oxygen atoms in total. The summed E-state index contributed by atoms with van der Waals surface area (Å²) in [5, 5.41) is 0. The minimum absolute atomic E-state index is 0.262. The fraction of sp³-hybridized carbons (Fsp3) is 0.667. The van der Waals surface area contributed by atoms with Gasteiger partial charge in [-0.25, -0.2) is 0 Å². The van der Waals surface area contributed by atoms with Crippen molar-refractivity contribution in [2.75, 3.05) is 5.75 Å². The van der Waals surface area contributed by atoms with Gasteiger partial charge in [0.05, 0.1) is 0 Å². The molecule has 2 N–H and O–H groups in total. The van der Waals surface area contributed by atoms with Crippen LogP contribution in [0.3, 0.4) is 0 Å². The van der Waals surface area contributed by atoms with Gasteiger partial charge in [0, 0.05) is 10.7 Å². The summed E-state index contributed by atoms with van der Waals surface area (Å²) in [5.74, 6) is 0.721. The van der Waals surface area contributed by atoms with Crippen molar-refractivity contribution >= 4 is 11.8 Å². The Morgan fingerprint density at radius 3 is 2.55 bits per heavy atom. The molecule has 5 heteroatoms. The largest absolute Gasteiger partial charge is 0.408 e. The minimum atomic E-state index is -4.29. The number of thioether (sulfide) groups is 1. The Labute approximate surface area is 66.8 Å². The molecular weight excluding hydrogens is 175 g/mol. The lowest BCUT2D eigenvalue weighted by atomic mass is 10.2. The van der Waals surface area contributed by atoms with Crippen LogP contribution in [0, 0.1) is 0 Å². The molecule has 11 heavy (non-hydrogen) atoms. The number of alkyl halides is 3. The van der Waals surface area contributed by atoms with Gasteiger partial charge in [-0.3, -0.25) is 0 Å². The van der Waals surface area contributed by atoms with E-state index in [2.05, 4.69) is 0 Å². The van der Waals surface area contributed by atoms with Gasteiger partial charge in [0.2, 0.25) is 0 Å². The molecule has 0 aromatic heterocycles. The predicted molar refractivity (Wildman–Crippen MR) is 39.2 cm³/mol. The van der Waals surface area contributed by atoms with Crippen LogP contribution < -0.4 is 5.73 Å². The summed E-state index contributed by atoms with van der Waals surface area (Å²) in [6, 6.07) is -1.77. The topological polar surface area (TPSA) is 26.0 Å². The Bertz CT molecular complexity index is 175. The molecule has 0 aromatic carbocycles. The van der Waals surface area contributed by atoms with Crippen molar-refractivity contribution < 1.29 is 13.2 Å². The SMILES string of the molecule is NC(C1=CCCS1)C(F)(F)F. The molecule has 0 aromatic rings. The van der Waals surface area contributed by atoms with Gasteiger partial charge >= 0.3 is 6.18 Å². The second kappa shape index (κ2) is 3.06. The molecule has 1 rings (SSSR count). The van der Waals surface area contributed by atoms with Crippen molar-refractivity contribution in [3.8, 4) is 0 Å². The minimum Gasteiger partial charge on any atom is -0.316 e. The number of nitrogens with two attached hydrogens (primary N) is 1. The van der Waals surface area contributed by atoms with Gasteiger partial charge in [0.15, 0.2) is 0 Å². The van der Waals surface area contributed by atoms with Crippen molar-refractivity contribution in [3.63, 3.8) is 0 Å². The van der Waals surface area contributed by atoms with Crippen molar-refractivity contribution in [1.82, 2.24) is 0 Å². The van der Waals surface area contributed by atoms with E-state index in [0.717, 1.165) is 5.75 Å². The summed E-state index contributed by atoms with van der Waals surface area (Å²) in [6.45, 7) is 0. The summed E-state index contributed by atoms with van der Waals surface area (Å²) >= 11 is 1.19. The average Bonchev–Trinajstić information content (AvgIpc) is 2.34. The van der Waals surface area contributed by atoms with Crippen LogP contribution in [-0.4, -0.2) is 18.0 Å². The van der Waals surface area contributed by atoms with Gasteiger partial charge in [-0.2, -0.15) is 13.2 Å². The predicted octanol–water partition coefficient (Wildman–Crippen LogP) is 1.90.